The number of aromatic hydroxyl groups is 1. The van der Waals surface area contributed by atoms with E-state index in [9.17, 15) is 5.11 Å². The fourth-order valence-electron chi connectivity index (χ4n) is 2.45. The van der Waals surface area contributed by atoms with Crippen LogP contribution in [0.3, 0.4) is 0 Å². The monoisotopic (exact) mass is 260 g/mol. The number of halogens is 1. The molecule has 3 nitrogen and oxygen atoms in total. The molecule has 4 heteroatoms. The third-order valence-corrected chi connectivity index (χ3v) is 3.48. The number of anilines is 1. The molecule has 0 aliphatic heterocycles. The number of aromatic nitrogens is 1. The van der Waals surface area contributed by atoms with Gasteiger partial charge in [-0.15, -0.1) is 0 Å². The van der Waals surface area contributed by atoms with E-state index in [0.29, 0.717) is 10.9 Å². The van der Waals surface area contributed by atoms with E-state index < -0.39 is 0 Å². The van der Waals surface area contributed by atoms with Crippen LogP contribution in [0.5, 0.6) is 5.75 Å². The maximum absolute atomic E-state index is 9.46. The zero-order chi connectivity index (χ0) is 12.5. The van der Waals surface area contributed by atoms with Crippen molar-refractivity contribution in [2.24, 2.45) is 0 Å². The molecule has 18 heavy (non-hydrogen) atoms. The van der Waals surface area contributed by atoms with Crippen molar-refractivity contribution in [3.05, 3.63) is 52.8 Å². The van der Waals surface area contributed by atoms with Crippen molar-refractivity contribution >= 4 is 17.3 Å². The summed E-state index contributed by atoms with van der Waals surface area (Å²) >= 11 is 5.87. The van der Waals surface area contributed by atoms with Crippen molar-refractivity contribution < 1.29 is 5.11 Å². The van der Waals surface area contributed by atoms with Crippen LogP contribution in [0.25, 0.3) is 0 Å². The number of pyridine rings is 1. The number of hydrogen-bond acceptors (Lipinski definition) is 3. The quantitative estimate of drug-likeness (QED) is 0.812. The van der Waals surface area contributed by atoms with Gasteiger partial charge in [-0.1, -0.05) is 17.7 Å². The van der Waals surface area contributed by atoms with Crippen LogP contribution < -0.4 is 5.32 Å². The first-order chi connectivity index (χ1) is 8.72. The third kappa shape index (κ3) is 2.14. The van der Waals surface area contributed by atoms with Crippen molar-refractivity contribution in [3.8, 4) is 5.75 Å². The van der Waals surface area contributed by atoms with Crippen molar-refractivity contribution in [3.63, 3.8) is 0 Å². The Hall–Kier alpha value is -1.74. The Morgan fingerprint density at radius 3 is 3.00 bits per heavy atom. The third-order valence-electron chi connectivity index (χ3n) is 3.27. The SMILES string of the molecule is Oc1ccc2c(c1)CCC2Nc1ccnc(Cl)c1. The lowest BCUT2D eigenvalue weighted by molar-refractivity contribution is 0.474. The zero-order valence-corrected chi connectivity index (χ0v) is 10.5. The van der Waals surface area contributed by atoms with Crippen molar-refractivity contribution in [2.45, 2.75) is 18.9 Å². The van der Waals surface area contributed by atoms with Crippen LogP contribution in [0.2, 0.25) is 5.15 Å². The molecule has 0 saturated heterocycles. The summed E-state index contributed by atoms with van der Waals surface area (Å²) < 4.78 is 0. The van der Waals surface area contributed by atoms with E-state index >= 15 is 0 Å². The van der Waals surface area contributed by atoms with Gasteiger partial charge in [0, 0.05) is 11.9 Å². The molecule has 0 fully saturated rings. The molecule has 1 unspecified atom stereocenters. The molecule has 92 valence electrons. The van der Waals surface area contributed by atoms with E-state index in [1.54, 1.807) is 12.3 Å². The van der Waals surface area contributed by atoms with Gasteiger partial charge in [-0.05, 0) is 48.2 Å². The Bertz CT molecular complexity index is 586. The first-order valence-corrected chi connectivity index (χ1v) is 6.30. The van der Waals surface area contributed by atoms with E-state index in [1.807, 2.05) is 24.3 Å². The van der Waals surface area contributed by atoms with Crippen LogP contribution in [0.4, 0.5) is 5.69 Å². The van der Waals surface area contributed by atoms with Gasteiger partial charge in [0.1, 0.15) is 10.9 Å². The number of fused-ring (bicyclic) bond motifs is 1. The molecule has 0 saturated carbocycles. The smallest absolute Gasteiger partial charge is 0.131 e. The average molecular weight is 261 g/mol. The number of hydrogen-bond donors (Lipinski definition) is 2. The van der Waals surface area contributed by atoms with E-state index in [0.717, 1.165) is 18.5 Å². The largest absolute Gasteiger partial charge is 0.508 e. The molecule has 0 spiro atoms. The minimum Gasteiger partial charge on any atom is -0.508 e. The number of phenols is 1. The molecule has 0 amide bonds. The Kier molecular flexibility index (Phi) is 2.84. The van der Waals surface area contributed by atoms with Crippen LogP contribution >= 0.6 is 11.6 Å². The molecule has 1 aromatic carbocycles. The molecule has 1 aliphatic rings. The number of aryl methyl sites for hydroxylation is 1. The normalized spacial score (nSPS) is 17.5. The molecule has 1 aliphatic carbocycles. The van der Waals surface area contributed by atoms with Gasteiger partial charge in [0.25, 0.3) is 0 Å². The Morgan fingerprint density at radius 1 is 1.28 bits per heavy atom. The Labute approximate surface area is 110 Å². The Morgan fingerprint density at radius 2 is 2.17 bits per heavy atom. The molecule has 0 bridgehead atoms. The fraction of sp³-hybridized carbons (Fsp3) is 0.214. The molecular formula is C14H13ClN2O. The summed E-state index contributed by atoms with van der Waals surface area (Å²) in [4.78, 5) is 3.96. The lowest BCUT2D eigenvalue weighted by Crippen LogP contribution is -2.06. The zero-order valence-electron chi connectivity index (χ0n) is 9.73. The number of nitrogens with zero attached hydrogens (tertiary/aromatic N) is 1. The van der Waals surface area contributed by atoms with Gasteiger partial charge in [-0.2, -0.15) is 0 Å². The number of nitrogens with one attached hydrogen (secondary N) is 1. The molecule has 1 atom stereocenters. The molecule has 2 N–H and O–H groups in total. The van der Waals surface area contributed by atoms with E-state index in [4.69, 9.17) is 11.6 Å². The van der Waals surface area contributed by atoms with Crippen LogP contribution in [-0.4, -0.2) is 10.1 Å². The minimum absolute atomic E-state index is 0.277. The van der Waals surface area contributed by atoms with Crippen LogP contribution in [0.15, 0.2) is 36.5 Å². The Balaban J connectivity index is 1.85. The summed E-state index contributed by atoms with van der Waals surface area (Å²) in [6, 6.07) is 9.57. The van der Waals surface area contributed by atoms with Crippen molar-refractivity contribution in [1.82, 2.24) is 4.98 Å². The van der Waals surface area contributed by atoms with Gasteiger partial charge in [-0.25, -0.2) is 4.98 Å². The molecule has 1 heterocycles. The van der Waals surface area contributed by atoms with Crippen LogP contribution in [0.1, 0.15) is 23.6 Å². The van der Waals surface area contributed by atoms with E-state index in [2.05, 4.69) is 10.3 Å². The standard InChI is InChI=1S/C14H13ClN2O/c15-14-8-10(5-6-16-14)17-13-4-1-9-7-11(18)2-3-12(9)13/h2-3,5-8,13,18H,1,4H2,(H,16,17). The number of rotatable bonds is 2. The lowest BCUT2D eigenvalue weighted by Gasteiger charge is -2.15. The summed E-state index contributed by atoms with van der Waals surface area (Å²) in [5.74, 6) is 0.335. The molecule has 3 rings (SSSR count). The highest BCUT2D eigenvalue weighted by molar-refractivity contribution is 6.29. The second-order valence-electron chi connectivity index (χ2n) is 4.49. The highest BCUT2D eigenvalue weighted by Gasteiger charge is 2.22. The summed E-state index contributed by atoms with van der Waals surface area (Å²) in [6.45, 7) is 0. The highest BCUT2D eigenvalue weighted by Crippen LogP contribution is 2.35. The highest BCUT2D eigenvalue weighted by atomic mass is 35.5. The van der Waals surface area contributed by atoms with Gasteiger partial charge in [0.2, 0.25) is 0 Å². The first-order valence-electron chi connectivity index (χ1n) is 5.92. The second-order valence-corrected chi connectivity index (χ2v) is 4.87. The van der Waals surface area contributed by atoms with Crippen LogP contribution in [0, 0.1) is 0 Å². The van der Waals surface area contributed by atoms with Crippen molar-refractivity contribution in [1.29, 1.82) is 0 Å². The molecular weight excluding hydrogens is 248 g/mol. The number of benzene rings is 1. The molecule has 0 radical (unpaired) electrons. The average Bonchev–Trinajstić information content (AvgIpc) is 2.72. The van der Waals surface area contributed by atoms with Gasteiger partial charge >= 0.3 is 0 Å². The topological polar surface area (TPSA) is 45.1 Å². The predicted octanol–water partition coefficient (Wildman–Crippen LogP) is 3.54. The van der Waals surface area contributed by atoms with Crippen LogP contribution in [-0.2, 0) is 6.42 Å². The van der Waals surface area contributed by atoms with Gasteiger partial charge in [-0.3, -0.25) is 0 Å². The lowest BCUT2D eigenvalue weighted by atomic mass is 10.1. The van der Waals surface area contributed by atoms with Gasteiger partial charge < -0.3 is 10.4 Å². The first kappa shape index (κ1) is 11.4. The summed E-state index contributed by atoms with van der Waals surface area (Å²) in [7, 11) is 0. The van der Waals surface area contributed by atoms with E-state index in [-0.39, 0.29) is 6.04 Å². The molecule has 1 aromatic heterocycles. The fourth-order valence-corrected chi connectivity index (χ4v) is 2.62. The summed E-state index contributed by atoms with van der Waals surface area (Å²) in [5, 5.41) is 13.4. The maximum Gasteiger partial charge on any atom is 0.131 e. The predicted molar refractivity (Wildman–Crippen MR) is 72.0 cm³/mol. The minimum atomic E-state index is 0.277. The second kappa shape index (κ2) is 4.50. The van der Waals surface area contributed by atoms with E-state index in [1.165, 1.54) is 11.1 Å². The summed E-state index contributed by atoms with van der Waals surface area (Å²) in [5.41, 5.74) is 3.44. The van der Waals surface area contributed by atoms with Crippen molar-refractivity contribution in [2.75, 3.05) is 5.32 Å². The maximum atomic E-state index is 9.46. The van der Waals surface area contributed by atoms with Gasteiger partial charge in [0.05, 0.1) is 6.04 Å². The van der Waals surface area contributed by atoms with Gasteiger partial charge in [0.15, 0.2) is 0 Å². The summed E-state index contributed by atoms with van der Waals surface area (Å²) in [6.07, 6.45) is 3.70. The molecule has 2 aromatic rings. The number of phenolic OH excluding ortho intramolecular Hbond substituents is 1.